The Labute approximate surface area is 145 Å². The number of nitro benzene ring substituents is 1. The highest BCUT2D eigenvalue weighted by atomic mass is 32.2. The number of hydrogen-bond acceptors (Lipinski definition) is 5. The fourth-order valence-electron chi connectivity index (χ4n) is 2.18. The molecule has 0 aliphatic carbocycles. The predicted molar refractivity (Wildman–Crippen MR) is 91.3 cm³/mol. The largest absolute Gasteiger partial charge is 0.352 e. The second-order valence-electron chi connectivity index (χ2n) is 5.19. The molecule has 0 atom stereocenters. The highest BCUT2D eigenvalue weighted by Crippen LogP contribution is 2.18. The van der Waals surface area contributed by atoms with Crippen LogP contribution in [0.3, 0.4) is 0 Å². The number of carbonyl (C=O) groups excluding carboxylic acids is 1. The van der Waals surface area contributed by atoms with Crippen LogP contribution in [0.25, 0.3) is 0 Å². The Kier molecular flexibility index (Phi) is 5.84. The fraction of sp³-hybridized carbons (Fsp3) is 0.188. The molecule has 0 saturated heterocycles. The second kappa shape index (κ2) is 7.86. The van der Waals surface area contributed by atoms with E-state index in [1.165, 1.54) is 31.3 Å². The average molecular weight is 363 g/mol. The van der Waals surface area contributed by atoms with E-state index in [2.05, 4.69) is 10.0 Å². The minimum absolute atomic E-state index is 0.0979. The summed E-state index contributed by atoms with van der Waals surface area (Å²) in [5.74, 6) is -0.360. The average Bonchev–Trinajstić information content (AvgIpc) is 2.60. The maximum atomic E-state index is 12.0. The van der Waals surface area contributed by atoms with Crippen LogP contribution >= 0.6 is 0 Å². The van der Waals surface area contributed by atoms with Gasteiger partial charge in [-0.25, -0.2) is 13.1 Å². The Morgan fingerprint density at radius 3 is 2.36 bits per heavy atom. The van der Waals surface area contributed by atoms with Crippen LogP contribution in [0.1, 0.15) is 11.1 Å². The Morgan fingerprint density at radius 1 is 1.12 bits per heavy atom. The normalized spacial score (nSPS) is 11.1. The van der Waals surface area contributed by atoms with Gasteiger partial charge in [-0.2, -0.15) is 0 Å². The molecule has 2 aromatic rings. The second-order valence-corrected chi connectivity index (χ2v) is 7.08. The number of amides is 1. The van der Waals surface area contributed by atoms with Crippen molar-refractivity contribution >= 4 is 21.6 Å². The molecule has 0 aliphatic heterocycles. The van der Waals surface area contributed by atoms with Crippen molar-refractivity contribution in [1.29, 1.82) is 0 Å². The Morgan fingerprint density at radius 2 is 1.76 bits per heavy atom. The van der Waals surface area contributed by atoms with Gasteiger partial charge in [0.15, 0.2) is 0 Å². The standard InChI is InChI=1S/C16H17N3O5S/c1-17-25(23,24)14-8-6-12(7-9-14)11-18-16(20)10-13-4-2-3-5-15(13)19(21)22/h2-9,17H,10-11H2,1H3,(H,18,20). The number of nitrogens with zero attached hydrogens (tertiary/aromatic N) is 1. The lowest BCUT2D eigenvalue weighted by atomic mass is 10.1. The first-order valence-corrected chi connectivity index (χ1v) is 8.83. The topological polar surface area (TPSA) is 118 Å². The maximum Gasteiger partial charge on any atom is 0.273 e. The van der Waals surface area contributed by atoms with Crippen LogP contribution in [0.15, 0.2) is 53.4 Å². The highest BCUT2D eigenvalue weighted by molar-refractivity contribution is 7.89. The van der Waals surface area contributed by atoms with E-state index in [9.17, 15) is 23.3 Å². The molecular weight excluding hydrogens is 346 g/mol. The molecule has 0 unspecified atom stereocenters. The molecule has 0 radical (unpaired) electrons. The Hall–Kier alpha value is -2.78. The van der Waals surface area contributed by atoms with E-state index in [1.807, 2.05) is 0 Å². The first kappa shape index (κ1) is 18.6. The summed E-state index contributed by atoms with van der Waals surface area (Å²) in [6.07, 6.45) is -0.108. The highest BCUT2D eigenvalue weighted by Gasteiger charge is 2.15. The van der Waals surface area contributed by atoms with E-state index in [0.717, 1.165) is 0 Å². The number of rotatable bonds is 7. The van der Waals surface area contributed by atoms with Crippen molar-refractivity contribution in [2.24, 2.45) is 0 Å². The van der Waals surface area contributed by atoms with E-state index >= 15 is 0 Å². The summed E-state index contributed by atoms with van der Waals surface area (Å²) in [7, 11) is -2.18. The van der Waals surface area contributed by atoms with Crippen molar-refractivity contribution < 1.29 is 18.1 Å². The minimum Gasteiger partial charge on any atom is -0.352 e. The molecule has 2 N–H and O–H groups in total. The van der Waals surface area contributed by atoms with Crippen molar-refractivity contribution in [1.82, 2.24) is 10.0 Å². The van der Waals surface area contributed by atoms with Crippen molar-refractivity contribution in [2.45, 2.75) is 17.9 Å². The number of benzene rings is 2. The molecule has 0 bridgehead atoms. The Bertz CT molecular complexity index is 879. The summed E-state index contributed by atoms with van der Waals surface area (Å²) in [6, 6.07) is 12.1. The van der Waals surface area contributed by atoms with E-state index in [1.54, 1.807) is 24.3 Å². The third kappa shape index (κ3) is 4.85. The van der Waals surface area contributed by atoms with Gasteiger partial charge in [0.1, 0.15) is 0 Å². The zero-order chi connectivity index (χ0) is 18.4. The third-order valence-electron chi connectivity index (χ3n) is 3.53. The molecule has 0 aromatic heterocycles. The molecule has 9 heteroatoms. The predicted octanol–water partition coefficient (Wildman–Crippen LogP) is 1.36. The molecule has 0 heterocycles. The molecule has 1 amide bonds. The van der Waals surface area contributed by atoms with Crippen molar-refractivity contribution in [3.63, 3.8) is 0 Å². The molecule has 132 valence electrons. The van der Waals surface area contributed by atoms with Crippen molar-refractivity contribution in [3.05, 3.63) is 69.8 Å². The van der Waals surface area contributed by atoms with Gasteiger partial charge in [0.2, 0.25) is 15.9 Å². The zero-order valence-electron chi connectivity index (χ0n) is 13.4. The quantitative estimate of drug-likeness (QED) is 0.569. The first-order chi connectivity index (χ1) is 11.8. The summed E-state index contributed by atoms with van der Waals surface area (Å²) in [5, 5.41) is 13.6. The number of sulfonamides is 1. The van der Waals surface area contributed by atoms with Crippen LogP contribution < -0.4 is 10.0 Å². The number of nitro groups is 1. The molecule has 0 fully saturated rings. The zero-order valence-corrected chi connectivity index (χ0v) is 14.2. The summed E-state index contributed by atoms with van der Waals surface area (Å²) in [4.78, 5) is 22.5. The molecule has 25 heavy (non-hydrogen) atoms. The first-order valence-electron chi connectivity index (χ1n) is 7.35. The summed E-state index contributed by atoms with van der Waals surface area (Å²) >= 11 is 0. The van der Waals surface area contributed by atoms with Crippen molar-refractivity contribution in [2.75, 3.05) is 7.05 Å². The number of hydrogen-bond donors (Lipinski definition) is 2. The van der Waals surface area contributed by atoms with Gasteiger partial charge in [0.25, 0.3) is 5.69 Å². The molecule has 2 rings (SSSR count). The lowest BCUT2D eigenvalue weighted by Crippen LogP contribution is -2.25. The molecule has 2 aromatic carbocycles. The lowest BCUT2D eigenvalue weighted by Gasteiger charge is -2.07. The smallest absolute Gasteiger partial charge is 0.273 e. The van der Waals surface area contributed by atoms with Gasteiger partial charge in [0, 0.05) is 18.2 Å². The van der Waals surface area contributed by atoms with Gasteiger partial charge in [0.05, 0.1) is 16.2 Å². The van der Waals surface area contributed by atoms with Crippen LogP contribution in [0, 0.1) is 10.1 Å². The SMILES string of the molecule is CNS(=O)(=O)c1ccc(CNC(=O)Cc2ccccc2[N+](=O)[O-])cc1. The van der Waals surface area contributed by atoms with Gasteiger partial charge in [-0.1, -0.05) is 30.3 Å². The maximum absolute atomic E-state index is 12.0. The monoisotopic (exact) mass is 363 g/mol. The molecule has 0 saturated carbocycles. The number of carbonyl (C=O) groups is 1. The fourth-order valence-corrected chi connectivity index (χ4v) is 2.91. The van der Waals surface area contributed by atoms with Crippen LogP contribution in [0.2, 0.25) is 0 Å². The summed E-state index contributed by atoms with van der Waals surface area (Å²) in [6.45, 7) is 0.194. The third-order valence-corrected chi connectivity index (χ3v) is 4.96. The van der Waals surface area contributed by atoms with Crippen molar-refractivity contribution in [3.8, 4) is 0 Å². The minimum atomic E-state index is -3.50. The molecule has 0 spiro atoms. The van der Waals surface area contributed by atoms with Crippen LogP contribution in [0.5, 0.6) is 0 Å². The van der Waals surface area contributed by atoms with E-state index in [0.29, 0.717) is 11.1 Å². The summed E-state index contributed by atoms with van der Waals surface area (Å²) < 4.78 is 25.5. The van der Waals surface area contributed by atoms with Gasteiger partial charge in [-0.05, 0) is 24.7 Å². The van der Waals surface area contributed by atoms with Crippen LogP contribution in [-0.4, -0.2) is 26.3 Å². The van der Waals surface area contributed by atoms with Gasteiger partial charge >= 0.3 is 0 Å². The van der Waals surface area contributed by atoms with Gasteiger partial charge in [-0.15, -0.1) is 0 Å². The lowest BCUT2D eigenvalue weighted by molar-refractivity contribution is -0.385. The number of nitrogens with one attached hydrogen (secondary N) is 2. The van der Waals surface area contributed by atoms with E-state index in [-0.39, 0.29) is 29.5 Å². The molecule has 0 aliphatic rings. The van der Waals surface area contributed by atoms with Gasteiger partial charge in [-0.3, -0.25) is 14.9 Å². The summed E-state index contributed by atoms with van der Waals surface area (Å²) in [5.41, 5.74) is 0.950. The van der Waals surface area contributed by atoms with E-state index < -0.39 is 14.9 Å². The molecular formula is C16H17N3O5S. The van der Waals surface area contributed by atoms with Crippen LogP contribution in [0.4, 0.5) is 5.69 Å². The number of para-hydroxylation sites is 1. The Balaban J connectivity index is 1.98. The van der Waals surface area contributed by atoms with Gasteiger partial charge < -0.3 is 5.32 Å². The molecule has 8 nitrogen and oxygen atoms in total. The van der Waals surface area contributed by atoms with Crippen LogP contribution in [-0.2, 0) is 27.8 Å². The van der Waals surface area contributed by atoms with E-state index in [4.69, 9.17) is 0 Å².